The number of benzene rings is 1. The second-order valence-corrected chi connectivity index (χ2v) is 7.50. The SMILES string of the molecule is CC(C)n1c(Sc2nccc(C(F)(F)F)n2)nnc1-c1ccc(Cl)cc1Cl. The average molecular weight is 434 g/mol. The lowest BCUT2D eigenvalue weighted by molar-refractivity contribution is -0.141. The molecule has 3 aromatic rings. The normalized spacial score (nSPS) is 12.0. The summed E-state index contributed by atoms with van der Waals surface area (Å²) in [6.07, 6.45) is -3.49. The van der Waals surface area contributed by atoms with E-state index in [1.165, 1.54) is 0 Å². The molecule has 0 unspecified atom stereocenters. The molecular weight excluding hydrogens is 422 g/mol. The number of alkyl halides is 3. The van der Waals surface area contributed by atoms with E-state index in [9.17, 15) is 13.2 Å². The summed E-state index contributed by atoms with van der Waals surface area (Å²) in [7, 11) is 0. The van der Waals surface area contributed by atoms with E-state index in [2.05, 4.69) is 20.2 Å². The molecule has 1 aromatic carbocycles. The molecule has 5 nitrogen and oxygen atoms in total. The third-order valence-electron chi connectivity index (χ3n) is 3.46. The molecule has 0 amide bonds. The molecule has 3 rings (SSSR count). The maximum Gasteiger partial charge on any atom is 0.433 e. The second-order valence-electron chi connectivity index (χ2n) is 5.72. The van der Waals surface area contributed by atoms with Crippen LogP contribution in [0, 0.1) is 0 Å². The van der Waals surface area contributed by atoms with Crippen LogP contribution in [0.3, 0.4) is 0 Å². The number of rotatable bonds is 4. The maximum absolute atomic E-state index is 12.9. The van der Waals surface area contributed by atoms with Crippen molar-refractivity contribution in [3.05, 3.63) is 46.2 Å². The van der Waals surface area contributed by atoms with E-state index in [4.69, 9.17) is 23.2 Å². The molecule has 0 saturated carbocycles. The molecule has 0 radical (unpaired) electrons. The molecule has 0 bridgehead atoms. The molecule has 0 fully saturated rings. The first-order valence-electron chi connectivity index (χ1n) is 7.65. The van der Waals surface area contributed by atoms with E-state index >= 15 is 0 Å². The predicted molar refractivity (Wildman–Crippen MR) is 97.0 cm³/mol. The molecule has 0 N–H and O–H groups in total. The van der Waals surface area contributed by atoms with E-state index in [0.29, 0.717) is 26.6 Å². The minimum Gasteiger partial charge on any atom is -0.299 e. The van der Waals surface area contributed by atoms with Crippen LogP contribution in [0.2, 0.25) is 10.0 Å². The molecule has 0 atom stereocenters. The van der Waals surface area contributed by atoms with Crippen LogP contribution < -0.4 is 0 Å². The van der Waals surface area contributed by atoms with Crippen LogP contribution >= 0.6 is 35.0 Å². The van der Waals surface area contributed by atoms with Crippen molar-refractivity contribution in [3.8, 4) is 11.4 Å². The Labute approximate surface area is 166 Å². The zero-order chi connectivity index (χ0) is 19.8. The second kappa shape index (κ2) is 7.65. The van der Waals surface area contributed by atoms with Gasteiger partial charge in [-0.15, -0.1) is 10.2 Å². The molecule has 142 valence electrons. The van der Waals surface area contributed by atoms with Crippen LogP contribution in [-0.2, 0) is 6.18 Å². The van der Waals surface area contributed by atoms with Gasteiger partial charge in [-0.2, -0.15) is 13.2 Å². The van der Waals surface area contributed by atoms with Crippen LogP contribution in [0.5, 0.6) is 0 Å². The fourth-order valence-corrected chi connectivity index (χ4v) is 3.69. The zero-order valence-corrected chi connectivity index (χ0v) is 16.3. The van der Waals surface area contributed by atoms with E-state index < -0.39 is 11.9 Å². The number of hydrogen-bond acceptors (Lipinski definition) is 5. The van der Waals surface area contributed by atoms with Gasteiger partial charge in [-0.05, 0) is 49.9 Å². The highest BCUT2D eigenvalue weighted by Crippen LogP contribution is 2.35. The summed E-state index contributed by atoms with van der Waals surface area (Å²) in [5.74, 6) is 0.473. The maximum atomic E-state index is 12.9. The largest absolute Gasteiger partial charge is 0.433 e. The average Bonchev–Trinajstić information content (AvgIpc) is 2.98. The fraction of sp³-hybridized carbons (Fsp3) is 0.250. The Bertz CT molecular complexity index is 975. The molecule has 2 aromatic heterocycles. The summed E-state index contributed by atoms with van der Waals surface area (Å²) in [5, 5.41) is 9.39. The molecule has 11 heteroatoms. The predicted octanol–water partition coefficient (Wildman–Crippen LogP) is 5.79. The Morgan fingerprint density at radius 1 is 1.11 bits per heavy atom. The van der Waals surface area contributed by atoms with Gasteiger partial charge in [-0.3, -0.25) is 4.57 Å². The Morgan fingerprint density at radius 3 is 2.48 bits per heavy atom. The van der Waals surface area contributed by atoms with Gasteiger partial charge in [-0.1, -0.05) is 23.2 Å². The van der Waals surface area contributed by atoms with Gasteiger partial charge in [0, 0.05) is 22.8 Å². The van der Waals surface area contributed by atoms with Crippen molar-refractivity contribution in [2.45, 2.75) is 36.4 Å². The van der Waals surface area contributed by atoms with Gasteiger partial charge in [0.25, 0.3) is 0 Å². The van der Waals surface area contributed by atoms with Crippen molar-refractivity contribution in [2.24, 2.45) is 0 Å². The zero-order valence-electron chi connectivity index (χ0n) is 14.0. The number of nitrogens with zero attached hydrogens (tertiary/aromatic N) is 5. The number of halogens is 5. The van der Waals surface area contributed by atoms with Crippen LogP contribution in [0.15, 0.2) is 40.8 Å². The quantitative estimate of drug-likeness (QED) is 0.487. The summed E-state index contributed by atoms with van der Waals surface area (Å²) >= 11 is 13.1. The number of hydrogen-bond donors (Lipinski definition) is 0. The van der Waals surface area contributed by atoms with Crippen molar-refractivity contribution in [2.75, 3.05) is 0 Å². The van der Waals surface area contributed by atoms with Gasteiger partial charge in [0.1, 0.15) is 5.69 Å². The first-order chi connectivity index (χ1) is 12.7. The van der Waals surface area contributed by atoms with Crippen molar-refractivity contribution < 1.29 is 13.2 Å². The first kappa shape index (κ1) is 19.9. The Kier molecular flexibility index (Phi) is 5.64. The van der Waals surface area contributed by atoms with Crippen LogP contribution in [0.1, 0.15) is 25.6 Å². The fourth-order valence-electron chi connectivity index (χ4n) is 2.30. The lowest BCUT2D eigenvalue weighted by Gasteiger charge is -2.14. The lowest BCUT2D eigenvalue weighted by atomic mass is 10.2. The molecule has 0 aliphatic heterocycles. The highest BCUT2D eigenvalue weighted by atomic mass is 35.5. The lowest BCUT2D eigenvalue weighted by Crippen LogP contribution is -2.09. The van der Waals surface area contributed by atoms with Crippen LogP contribution in [-0.4, -0.2) is 24.7 Å². The monoisotopic (exact) mass is 433 g/mol. The first-order valence-corrected chi connectivity index (χ1v) is 9.22. The minimum atomic E-state index is -4.55. The van der Waals surface area contributed by atoms with Gasteiger partial charge < -0.3 is 0 Å². The smallest absolute Gasteiger partial charge is 0.299 e. The van der Waals surface area contributed by atoms with Crippen molar-refractivity contribution >= 4 is 35.0 Å². The van der Waals surface area contributed by atoms with Crippen LogP contribution in [0.25, 0.3) is 11.4 Å². The third-order valence-corrected chi connectivity index (χ3v) is 4.85. The molecule has 2 heterocycles. The van der Waals surface area contributed by atoms with Gasteiger partial charge in [0.15, 0.2) is 16.1 Å². The third kappa shape index (κ3) is 4.36. The Morgan fingerprint density at radius 2 is 1.85 bits per heavy atom. The topological polar surface area (TPSA) is 56.5 Å². The molecule has 0 aliphatic carbocycles. The highest BCUT2D eigenvalue weighted by Gasteiger charge is 2.33. The summed E-state index contributed by atoms with van der Waals surface area (Å²) in [6.45, 7) is 3.79. The van der Waals surface area contributed by atoms with E-state index in [1.54, 1.807) is 22.8 Å². The Balaban J connectivity index is 2.02. The molecule has 0 aliphatic rings. The van der Waals surface area contributed by atoms with Gasteiger partial charge in [0.05, 0.1) is 5.02 Å². The summed E-state index contributed by atoms with van der Waals surface area (Å²) < 4.78 is 40.3. The van der Waals surface area contributed by atoms with E-state index in [0.717, 1.165) is 24.0 Å². The number of aromatic nitrogens is 5. The highest BCUT2D eigenvalue weighted by molar-refractivity contribution is 7.99. The summed E-state index contributed by atoms with van der Waals surface area (Å²) in [6, 6.07) is 5.69. The molecular formula is C16H12Cl2F3N5S. The minimum absolute atomic E-state index is 0.0760. The van der Waals surface area contributed by atoms with Crippen molar-refractivity contribution in [1.29, 1.82) is 0 Å². The van der Waals surface area contributed by atoms with E-state index in [-0.39, 0.29) is 11.2 Å². The van der Waals surface area contributed by atoms with Crippen molar-refractivity contribution in [1.82, 2.24) is 24.7 Å². The standard InChI is InChI=1S/C16H12Cl2F3N5S/c1-8(2)26-13(10-4-3-9(17)7-11(10)18)24-25-15(26)27-14-22-6-5-12(23-14)16(19,20)21/h3-8H,1-2H3. The van der Waals surface area contributed by atoms with Gasteiger partial charge in [-0.25, -0.2) is 9.97 Å². The molecule has 27 heavy (non-hydrogen) atoms. The van der Waals surface area contributed by atoms with Gasteiger partial charge >= 0.3 is 6.18 Å². The van der Waals surface area contributed by atoms with Crippen molar-refractivity contribution in [3.63, 3.8) is 0 Å². The molecule has 0 spiro atoms. The van der Waals surface area contributed by atoms with Gasteiger partial charge in [0.2, 0.25) is 0 Å². The summed E-state index contributed by atoms with van der Waals surface area (Å²) in [5.41, 5.74) is -0.407. The Hall–Kier alpha value is -1.84. The van der Waals surface area contributed by atoms with Crippen LogP contribution in [0.4, 0.5) is 13.2 Å². The van der Waals surface area contributed by atoms with E-state index in [1.807, 2.05) is 13.8 Å². The summed E-state index contributed by atoms with van der Waals surface area (Å²) in [4.78, 5) is 7.44. The molecule has 0 saturated heterocycles.